The highest BCUT2D eigenvalue weighted by molar-refractivity contribution is 5.67. The Balaban J connectivity index is 2.18. The van der Waals surface area contributed by atoms with Crippen LogP contribution in [0.5, 0.6) is 0 Å². The second-order valence-electron chi connectivity index (χ2n) is 2.81. The van der Waals surface area contributed by atoms with Crippen LogP contribution in [0.1, 0.15) is 19.8 Å². The first kappa shape index (κ1) is 7.86. The molecule has 0 atom stereocenters. The molecule has 0 unspecified atom stereocenters. The summed E-state index contributed by atoms with van der Waals surface area (Å²) in [6, 6.07) is 0.181. The van der Waals surface area contributed by atoms with Crippen LogP contribution < -0.4 is 10.6 Å². The minimum Gasteiger partial charge on any atom is -0.450 e. The fourth-order valence-corrected chi connectivity index (χ4v) is 1.23. The van der Waals surface area contributed by atoms with Gasteiger partial charge in [-0.05, 0) is 32.9 Å². The zero-order chi connectivity index (χ0) is 9.68. The lowest BCUT2D eigenvalue weighted by molar-refractivity contribution is 0.145. The first-order valence-corrected chi connectivity index (χ1v) is 4.39. The second kappa shape index (κ2) is 4.98. The summed E-state index contributed by atoms with van der Waals surface area (Å²) in [5.74, 6) is 0. The van der Waals surface area contributed by atoms with E-state index < -0.39 is 0 Å². The van der Waals surface area contributed by atoms with Crippen LogP contribution in [-0.4, -0.2) is 31.8 Å². The summed E-state index contributed by atoms with van der Waals surface area (Å²) in [4.78, 5) is 11.0. The van der Waals surface area contributed by atoms with Crippen LogP contribution in [0.25, 0.3) is 0 Å². The predicted octanol–water partition coefficient (Wildman–Crippen LogP) is 0.484. The van der Waals surface area contributed by atoms with E-state index in [0.29, 0.717) is 6.61 Å². The van der Waals surface area contributed by atoms with Gasteiger partial charge in [-0.25, -0.2) is 4.79 Å². The molecule has 1 fully saturated rings. The fourth-order valence-electron chi connectivity index (χ4n) is 1.23. The lowest BCUT2D eigenvalue weighted by Crippen LogP contribution is -2.42. The maximum atomic E-state index is 11.0. The summed E-state index contributed by atoms with van der Waals surface area (Å²) in [6.07, 6.45) is 1.33. The van der Waals surface area contributed by atoms with Crippen molar-refractivity contribution in [2.45, 2.75) is 25.8 Å². The third-order valence-corrected chi connectivity index (χ3v) is 1.87. The molecule has 1 rings (SSSR count). The van der Waals surface area contributed by atoms with E-state index in [1.807, 2.05) is 0 Å². The first-order valence-electron chi connectivity index (χ1n) is 4.84. The average molecular weight is 173 g/mol. The van der Waals surface area contributed by atoms with Crippen molar-refractivity contribution in [2.75, 3.05) is 19.7 Å². The molecule has 1 saturated heterocycles. The molecule has 0 bridgehead atoms. The Bertz CT molecular complexity index is 170. The second-order valence-corrected chi connectivity index (χ2v) is 2.81. The van der Waals surface area contributed by atoms with Crippen molar-refractivity contribution in [1.29, 1.82) is 0 Å². The molecular formula is C8H16N2O2. The molecule has 1 aliphatic rings. The molecule has 1 aliphatic heterocycles. The molecule has 0 radical (unpaired) electrons. The number of carbonyl (C=O) groups is 1. The average Bonchev–Trinajstić information content (AvgIpc) is 2.09. The number of piperidine rings is 1. The molecule has 4 heteroatoms. The molecule has 1 heterocycles. The van der Waals surface area contributed by atoms with Gasteiger partial charge in [0.15, 0.2) is 0 Å². The van der Waals surface area contributed by atoms with Gasteiger partial charge < -0.3 is 15.4 Å². The van der Waals surface area contributed by atoms with Crippen molar-refractivity contribution in [2.24, 2.45) is 0 Å². The van der Waals surface area contributed by atoms with Gasteiger partial charge in [-0.3, -0.25) is 0 Å². The molecule has 0 aromatic rings. The van der Waals surface area contributed by atoms with Crippen molar-refractivity contribution in [3.05, 3.63) is 0 Å². The number of hydrogen-bond acceptors (Lipinski definition) is 3. The molecule has 4 nitrogen and oxygen atoms in total. The Kier molecular flexibility index (Phi) is 3.26. The molecule has 2 N–H and O–H groups in total. The van der Waals surface area contributed by atoms with Gasteiger partial charge in [0, 0.05) is 6.04 Å². The number of carbonyl (C=O) groups excluding carboxylic acids is 1. The maximum Gasteiger partial charge on any atom is 0.407 e. The molecular weight excluding hydrogens is 156 g/mol. The van der Waals surface area contributed by atoms with Crippen molar-refractivity contribution >= 4 is 6.09 Å². The molecule has 0 saturated carbocycles. The molecule has 0 aromatic carbocycles. The third-order valence-electron chi connectivity index (χ3n) is 1.87. The topological polar surface area (TPSA) is 50.4 Å². The van der Waals surface area contributed by atoms with Gasteiger partial charge in [0.05, 0.1) is 6.61 Å². The summed E-state index contributed by atoms with van der Waals surface area (Å²) in [5.41, 5.74) is 0. The van der Waals surface area contributed by atoms with Gasteiger partial charge in [0.25, 0.3) is 0 Å². The van der Waals surface area contributed by atoms with Crippen molar-refractivity contribution in [3.8, 4) is 0 Å². The lowest BCUT2D eigenvalue weighted by atomic mass is 10.1. The molecule has 1 amide bonds. The van der Waals surface area contributed by atoms with E-state index in [4.69, 9.17) is 6.15 Å². The Morgan fingerprint density at radius 1 is 1.75 bits per heavy atom. The van der Waals surface area contributed by atoms with Gasteiger partial charge in [0.1, 0.15) is 1.41 Å². The van der Waals surface area contributed by atoms with Crippen LogP contribution in [0.4, 0.5) is 4.79 Å². The normalized spacial score (nSPS) is 21.6. The highest BCUT2D eigenvalue weighted by Crippen LogP contribution is 2.01. The molecule has 0 aromatic heterocycles. The van der Waals surface area contributed by atoms with Gasteiger partial charge in [0.2, 0.25) is 0 Å². The van der Waals surface area contributed by atoms with Gasteiger partial charge in [-0.15, -0.1) is 0 Å². The molecule has 70 valence electrons. The standard InChI is InChI=1S/C8H16N2O2/c1-2-12-8(11)10-7-3-5-9-6-4-7/h7,9H,2-6H2,1H3,(H,10,11)/i/hD. The molecule has 12 heavy (non-hydrogen) atoms. The summed E-state index contributed by atoms with van der Waals surface area (Å²) in [6.45, 7) is 3.63. The third kappa shape index (κ3) is 3.09. The van der Waals surface area contributed by atoms with Crippen LogP contribution in [0, 0.1) is 0 Å². The SMILES string of the molecule is [2H]N1CCC(NC(=O)OCC)CC1. The summed E-state index contributed by atoms with van der Waals surface area (Å²) < 4.78 is 12.1. The van der Waals surface area contributed by atoms with E-state index >= 15 is 0 Å². The zero-order valence-electron chi connectivity index (χ0n) is 8.38. The highest BCUT2D eigenvalue weighted by atomic mass is 16.5. The number of nitrogens with one attached hydrogen (secondary N) is 2. The van der Waals surface area contributed by atoms with Crippen LogP contribution in [0.3, 0.4) is 0 Å². The van der Waals surface area contributed by atoms with E-state index in [2.05, 4.69) is 5.32 Å². The summed E-state index contributed by atoms with van der Waals surface area (Å²) >= 11 is 0. The smallest absolute Gasteiger partial charge is 0.407 e. The summed E-state index contributed by atoms with van der Waals surface area (Å²) in [7, 11) is 0. The van der Waals surface area contributed by atoms with Crippen LogP contribution in [-0.2, 0) is 4.74 Å². The number of rotatable bonds is 2. The Morgan fingerprint density at radius 2 is 2.42 bits per heavy atom. The van der Waals surface area contributed by atoms with Crippen molar-refractivity contribution < 1.29 is 10.9 Å². The van der Waals surface area contributed by atoms with Gasteiger partial charge in [-0.1, -0.05) is 0 Å². The van der Waals surface area contributed by atoms with E-state index in [0.717, 1.165) is 25.9 Å². The van der Waals surface area contributed by atoms with Gasteiger partial charge in [-0.2, -0.15) is 0 Å². The van der Waals surface area contributed by atoms with E-state index in [1.165, 1.54) is 5.31 Å². The minimum absolute atomic E-state index is 0.181. The zero-order valence-corrected chi connectivity index (χ0v) is 7.38. The Hall–Kier alpha value is -0.770. The van der Waals surface area contributed by atoms with Crippen LogP contribution in [0.15, 0.2) is 0 Å². The fraction of sp³-hybridized carbons (Fsp3) is 0.875. The van der Waals surface area contributed by atoms with Crippen molar-refractivity contribution in [1.82, 2.24) is 10.6 Å². The number of alkyl carbamates (subject to hydrolysis) is 1. The van der Waals surface area contributed by atoms with E-state index in [1.54, 1.807) is 6.92 Å². The van der Waals surface area contributed by atoms with Crippen LogP contribution >= 0.6 is 0 Å². The number of amides is 1. The largest absolute Gasteiger partial charge is 0.450 e. The lowest BCUT2D eigenvalue weighted by Gasteiger charge is -2.22. The van der Waals surface area contributed by atoms with Crippen molar-refractivity contribution in [3.63, 3.8) is 0 Å². The number of ether oxygens (including phenoxy) is 1. The predicted molar refractivity (Wildman–Crippen MR) is 46.0 cm³/mol. The minimum atomic E-state index is -0.342. The van der Waals surface area contributed by atoms with Crippen LogP contribution in [0.2, 0.25) is 1.41 Å². The number of hydrogen-bond donors (Lipinski definition) is 2. The monoisotopic (exact) mass is 173 g/mol. The van der Waals surface area contributed by atoms with E-state index in [9.17, 15) is 4.79 Å². The Morgan fingerprint density at radius 3 is 3.00 bits per heavy atom. The molecule has 0 aliphatic carbocycles. The van der Waals surface area contributed by atoms with Gasteiger partial charge >= 0.3 is 6.09 Å². The Labute approximate surface area is 74.1 Å². The first-order chi connectivity index (χ1) is 6.22. The molecule has 0 spiro atoms. The van der Waals surface area contributed by atoms with E-state index in [-0.39, 0.29) is 12.1 Å². The quantitative estimate of drug-likeness (QED) is 0.638. The maximum absolute atomic E-state index is 11.0. The summed E-state index contributed by atoms with van der Waals surface area (Å²) in [5, 5.41) is 4.29. The highest BCUT2D eigenvalue weighted by Gasteiger charge is 2.15.